The van der Waals surface area contributed by atoms with Crippen molar-refractivity contribution < 1.29 is 9.53 Å². The number of benzene rings is 1. The van der Waals surface area contributed by atoms with E-state index in [1.54, 1.807) is 0 Å². The summed E-state index contributed by atoms with van der Waals surface area (Å²) in [7, 11) is 0. The van der Waals surface area contributed by atoms with Crippen molar-refractivity contribution in [1.82, 2.24) is 14.8 Å². The molecule has 2 heterocycles. The van der Waals surface area contributed by atoms with Crippen molar-refractivity contribution in [3.05, 3.63) is 41.7 Å². The van der Waals surface area contributed by atoms with Gasteiger partial charge in [0.25, 0.3) is 11.1 Å². The fourth-order valence-corrected chi connectivity index (χ4v) is 2.79. The largest absolute Gasteiger partial charge is 0.460 e. The van der Waals surface area contributed by atoms with Gasteiger partial charge >= 0.3 is 0 Å². The van der Waals surface area contributed by atoms with Crippen LogP contribution in [0, 0.1) is 13.8 Å². The lowest BCUT2D eigenvalue weighted by Crippen LogP contribution is -2.21. The van der Waals surface area contributed by atoms with Gasteiger partial charge < -0.3 is 4.74 Å². The van der Waals surface area contributed by atoms with Crippen LogP contribution in [0.25, 0.3) is 10.2 Å². The standard InChI is InChI=1S/C14H13N3O2S/c1-9-7-10(2)17(16-9)13(18)8-19-14-15-11-5-3-4-6-12(11)20-14/h3-7H,8H2,1-2H3. The van der Waals surface area contributed by atoms with Gasteiger partial charge in [-0.25, -0.2) is 9.67 Å². The number of carbonyl (C=O) groups excluding carboxylic acids is 1. The van der Waals surface area contributed by atoms with Crippen LogP contribution < -0.4 is 4.74 Å². The zero-order valence-electron chi connectivity index (χ0n) is 11.2. The zero-order chi connectivity index (χ0) is 14.1. The third kappa shape index (κ3) is 2.42. The summed E-state index contributed by atoms with van der Waals surface area (Å²) in [6.07, 6.45) is 0. The molecule has 0 saturated carbocycles. The maximum Gasteiger partial charge on any atom is 0.285 e. The second-order valence-electron chi connectivity index (χ2n) is 4.47. The minimum absolute atomic E-state index is 0.0677. The molecule has 102 valence electrons. The van der Waals surface area contributed by atoms with E-state index in [-0.39, 0.29) is 12.5 Å². The van der Waals surface area contributed by atoms with Crippen LogP contribution >= 0.6 is 11.3 Å². The quantitative estimate of drug-likeness (QED) is 0.743. The van der Waals surface area contributed by atoms with Crippen molar-refractivity contribution in [2.24, 2.45) is 0 Å². The molecule has 0 aliphatic carbocycles. The Morgan fingerprint density at radius 2 is 2.15 bits per heavy atom. The Labute approximate surface area is 119 Å². The predicted octanol–water partition coefficient (Wildman–Crippen LogP) is 2.83. The van der Waals surface area contributed by atoms with Gasteiger partial charge in [0.2, 0.25) is 0 Å². The molecule has 5 nitrogen and oxygen atoms in total. The Bertz CT molecular complexity index is 743. The molecular formula is C14H13N3O2S. The molecule has 0 radical (unpaired) electrons. The lowest BCUT2D eigenvalue weighted by atomic mass is 10.3. The summed E-state index contributed by atoms with van der Waals surface area (Å²) < 4.78 is 7.87. The first-order valence-corrected chi connectivity index (χ1v) is 7.00. The van der Waals surface area contributed by atoms with Crippen LogP contribution in [0.2, 0.25) is 0 Å². The number of rotatable bonds is 3. The number of aryl methyl sites for hydroxylation is 2. The number of nitrogens with zero attached hydrogens (tertiary/aromatic N) is 3. The van der Waals surface area contributed by atoms with Gasteiger partial charge in [0, 0.05) is 5.69 Å². The lowest BCUT2D eigenvalue weighted by Gasteiger charge is -2.03. The molecule has 0 aliphatic heterocycles. The highest BCUT2D eigenvalue weighted by molar-refractivity contribution is 7.20. The predicted molar refractivity (Wildman–Crippen MR) is 77.4 cm³/mol. The van der Waals surface area contributed by atoms with Crippen LogP contribution in [0.4, 0.5) is 0 Å². The van der Waals surface area contributed by atoms with Gasteiger partial charge in [-0.2, -0.15) is 5.10 Å². The first-order chi connectivity index (χ1) is 9.63. The van der Waals surface area contributed by atoms with Crippen LogP contribution in [0.3, 0.4) is 0 Å². The maximum absolute atomic E-state index is 12.0. The first kappa shape index (κ1) is 12.8. The SMILES string of the molecule is Cc1cc(C)n(C(=O)COc2nc3ccccc3s2)n1. The second-order valence-corrected chi connectivity index (χ2v) is 5.46. The maximum atomic E-state index is 12.0. The molecular weight excluding hydrogens is 274 g/mol. The average Bonchev–Trinajstić information content (AvgIpc) is 2.98. The first-order valence-electron chi connectivity index (χ1n) is 6.18. The zero-order valence-corrected chi connectivity index (χ0v) is 12.0. The number of carbonyl (C=O) groups is 1. The van der Waals surface area contributed by atoms with E-state index in [2.05, 4.69) is 10.1 Å². The summed E-state index contributed by atoms with van der Waals surface area (Å²) in [5, 5.41) is 4.64. The molecule has 0 N–H and O–H groups in total. The van der Waals surface area contributed by atoms with Gasteiger partial charge in [-0.1, -0.05) is 23.5 Å². The Balaban J connectivity index is 1.73. The lowest BCUT2D eigenvalue weighted by molar-refractivity contribution is 0.0818. The topological polar surface area (TPSA) is 57.0 Å². The van der Waals surface area contributed by atoms with E-state index in [9.17, 15) is 4.79 Å². The van der Waals surface area contributed by atoms with E-state index < -0.39 is 0 Å². The van der Waals surface area contributed by atoms with Gasteiger partial charge in [-0.05, 0) is 32.0 Å². The number of ether oxygens (including phenoxy) is 1. The molecule has 0 saturated heterocycles. The fraction of sp³-hybridized carbons (Fsp3) is 0.214. The highest BCUT2D eigenvalue weighted by atomic mass is 32.1. The summed E-state index contributed by atoms with van der Waals surface area (Å²) in [6, 6.07) is 9.62. The van der Waals surface area contributed by atoms with Gasteiger partial charge in [-0.3, -0.25) is 4.79 Å². The van der Waals surface area contributed by atoms with Crippen LogP contribution in [0.5, 0.6) is 5.19 Å². The number of fused-ring (bicyclic) bond motifs is 1. The van der Waals surface area contributed by atoms with Crippen molar-refractivity contribution in [2.75, 3.05) is 6.61 Å². The van der Waals surface area contributed by atoms with Crippen molar-refractivity contribution in [3.63, 3.8) is 0 Å². The highest BCUT2D eigenvalue weighted by Gasteiger charge is 2.12. The molecule has 0 aliphatic rings. The molecule has 0 bridgehead atoms. The molecule has 3 aromatic rings. The Hall–Kier alpha value is -2.21. The fourth-order valence-electron chi connectivity index (χ4n) is 1.98. The van der Waals surface area contributed by atoms with E-state index in [0.29, 0.717) is 5.19 Å². The number of thiazole rings is 1. The number of aromatic nitrogens is 3. The Kier molecular flexibility index (Phi) is 3.23. The molecule has 20 heavy (non-hydrogen) atoms. The van der Waals surface area contributed by atoms with E-state index in [1.165, 1.54) is 16.0 Å². The van der Waals surface area contributed by atoms with Gasteiger partial charge in [0.15, 0.2) is 6.61 Å². The van der Waals surface area contributed by atoms with Gasteiger partial charge in [0.1, 0.15) is 0 Å². The molecule has 0 spiro atoms. The van der Waals surface area contributed by atoms with Crippen LogP contribution in [-0.4, -0.2) is 27.3 Å². The molecule has 0 unspecified atom stereocenters. The molecule has 3 rings (SSSR count). The molecule has 0 amide bonds. The van der Waals surface area contributed by atoms with Crippen molar-refractivity contribution in [1.29, 1.82) is 0 Å². The Morgan fingerprint density at radius 1 is 1.35 bits per heavy atom. The van der Waals surface area contributed by atoms with Crippen molar-refractivity contribution >= 4 is 27.5 Å². The minimum atomic E-state index is -0.199. The summed E-state index contributed by atoms with van der Waals surface area (Å²) in [5.41, 5.74) is 2.50. The number of hydrogen-bond acceptors (Lipinski definition) is 5. The monoisotopic (exact) mass is 287 g/mol. The number of para-hydroxylation sites is 1. The normalized spacial score (nSPS) is 10.9. The molecule has 0 fully saturated rings. The Morgan fingerprint density at radius 3 is 2.85 bits per heavy atom. The van der Waals surface area contributed by atoms with Crippen LogP contribution in [0.1, 0.15) is 16.2 Å². The number of hydrogen-bond donors (Lipinski definition) is 0. The summed E-state index contributed by atoms with van der Waals surface area (Å²) in [4.78, 5) is 16.3. The van der Waals surface area contributed by atoms with Gasteiger partial charge in [0.05, 0.1) is 15.9 Å². The van der Waals surface area contributed by atoms with E-state index >= 15 is 0 Å². The van der Waals surface area contributed by atoms with E-state index in [1.807, 2.05) is 44.2 Å². The van der Waals surface area contributed by atoms with Crippen LogP contribution in [0.15, 0.2) is 30.3 Å². The molecule has 6 heteroatoms. The third-order valence-electron chi connectivity index (χ3n) is 2.84. The van der Waals surface area contributed by atoms with E-state index in [0.717, 1.165) is 21.6 Å². The minimum Gasteiger partial charge on any atom is -0.460 e. The molecule has 1 aromatic carbocycles. The summed E-state index contributed by atoms with van der Waals surface area (Å²) >= 11 is 1.43. The molecule has 2 aromatic heterocycles. The van der Waals surface area contributed by atoms with Crippen molar-refractivity contribution in [2.45, 2.75) is 13.8 Å². The second kappa shape index (κ2) is 5.05. The smallest absolute Gasteiger partial charge is 0.285 e. The summed E-state index contributed by atoms with van der Waals surface area (Å²) in [5.74, 6) is -0.199. The summed E-state index contributed by atoms with van der Waals surface area (Å²) in [6.45, 7) is 3.63. The molecule has 0 atom stereocenters. The third-order valence-corrected chi connectivity index (χ3v) is 3.79. The highest BCUT2D eigenvalue weighted by Crippen LogP contribution is 2.27. The van der Waals surface area contributed by atoms with Crippen molar-refractivity contribution in [3.8, 4) is 5.19 Å². The van der Waals surface area contributed by atoms with Gasteiger partial charge in [-0.15, -0.1) is 0 Å². The van der Waals surface area contributed by atoms with E-state index in [4.69, 9.17) is 4.74 Å². The average molecular weight is 287 g/mol. The van der Waals surface area contributed by atoms with Crippen LogP contribution in [-0.2, 0) is 0 Å².